The summed E-state index contributed by atoms with van der Waals surface area (Å²) in [6.45, 7) is 6.66. The number of pyridine rings is 1. The van der Waals surface area contributed by atoms with Gasteiger partial charge < -0.3 is 10.1 Å². The van der Waals surface area contributed by atoms with E-state index in [2.05, 4.69) is 54.5 Å². The van der Waals surface area contributed by atoms with Gasteiger partial charge >= 0.3 is 0 Å². The zero-order chi connectivity index (χ0) is 15.1. The van der Waals surface area contributed by atoms with Crippen LogP contribution in [-0.4, -0.2) is 25.2 Å². The summed E-state index contributed by atoms with van der Waals surface area (Å²) in [6, 6.07) is 10.7. The van der Waals surface area contributed by atoms with Crippen molar-refractivity contribution in [2.24, 2.45) is 0 Å². The molecule has 0 saturated heterocycles. The molecule has 3 nitrogen and oxygen atoms in total. The molecule has 0 radical (unpaired) electrons. The Morgan fingerprint density at radius 2 is 2.05 bits per heavy atom. The third-order valence-electron chi connectivity index (χ3n) is 3.17. The summed E-state index contributed by atoms with van der Waals surface area (Å²) in [6.07, 6.45) is 1.94. The SMILES string of the molecule is COCCNCc1ccc(Sc2cc(C)ccc2C)nc1. The minimum Gasteiger partial charge on any atom is -0.383 e. The highest BCUT2D eigenvalue weighted by molar-refractivity contribution is 7.99. The molecule has 21 heavy (non-hydrogen) atoms. The van der Waals surface area contributed by atoms with E-state index in [1.807, 2.05) is 6.20 Å². The van der Waals surface area contributed by atoms with Gasteiger partial charge in [-0.25, -0.2) is 4.98 Å². The minimum absolute atomic E-state index is 0.730. The Balaban J connectivity index is 1.94. The molecule has 1 aromatic heterocycles. The summed E-state index contributed by atoms with van der Waals surface area (Å²) in [5.41, 5.74) is 3.76. The van der Waals surface area contributed by atoms with Gasteiger partial charge in [0.25, 0.3) is 0 Å². The van der Waals surface area contributed by atoms with Crippen LogP contribution in [0.4, 0.5) is 0 Å². The molecule has 0 aliphatic carbocycles. The molecular formula is C17H22N2OS. The number of ether oxygens (including phenoxy) is 1. The van der Waals surface area contributed by atoms with Crippen LogP contribution < -0.4 is 5.32 Å². The van der Waals surface area contributed by atoms with Gasteiger partial charge in [-0.1, -0.05) is 30.0 Å². The molecule has 0 saturated carbocycles. The van der Waals surface area contributed by atoms with Crippen LogP contribution in [0.3, 0.4) is 0 Å². The summed E-state index contributed by atoms with van der Waals surface area (Å²) >= 11 is 1.72. The van der Waals surface area contributed by atoms with Crippen molar-refractivity contribution in [3.63, 3.8) is 0 Å². The molecule has 0 spiro atoms. The lowest BCUT2D eigenvalue weighted by Gasteiger charge is -2.07. The second-order valence-corrected chi connectivity index (χ2v) is 6.11. The fraction of sp³-hybridized carbons (Fsp3) is 0.353. The molecular weight excluding hydrogens is 280 g/mol. The van der Waals surface area contributed by atoms with E-state index in [1.54, 1.807) is 18.9 Å². The number of methoxy groups -OCH3 is 1. The van der Waals surface area contributed by atoms with Crippen LogP contribution in [0.25, 0.3) is 0 Å². The number of hydrogen-bond donors (Lipinski definition) is 1. The third-order valence-corrected chi connectivity index (χ3v) is 4.28. The number of rotatable bonds is 7. The molecule has 0 amide bonds. The van der Waals surface area contributed by atoms with E-state index in [9.17, 15) is 0 Å². The van der Waals surface area contributed by atoms with E-state index in [0.717, 1.165) is 24.7 Å². The third kappa shape index (κ3) is 5.16. The van der Waals surface area contributed by atoms with Crippen molar-refractivity contribution in [3.05, 3.63) is 53.2 Å². The monoisotopic (exact) mass is 302 g/mol. The molecule has 0 atom stereocenters. The quantitative estimate of drug-likeness (QED) is 0.793. The maximum absolute atomic E-state index is 5.00. The molecule has 2 aromatic rings. The highest BCUT2D eigenvalue weighted by Gasteiger charge is 2.03. The molecule has 0 bridgehead atoms. The maximum Gasteiger partial charge on any atom is 0.101 e. The second-order valence-electron chi connectivity index (χ2n) is 5.05. The van der Waals surface area contributed by atoms with Crippen LogP contribution in [-0.2, 0) is 11.3 Å². The zero-order valence-corrected chi connectivity index (χ0v) is 13.7. The fourth-order valence-electron chi connectivity index (χ4n) is 1.91. The Labute approximate surface area is 131 Å². The molecule has 4 heteroatoms. The van der Waals surface area contributed by atoms with E-state index in [-0.39, 0.29) is 0 Å². The van der Waals surface area contributed by atoms with Gasteiger partial charge in [-0.2, -0.15) is 0 Å². The molecule has 0 aliphatic rings. The molecule has 1 heterocycles. The average molecular weight is 302 g/mol. The van der Waals surface area contributed by atoms with Gasteiger partial charge in [-0.3, -0.25) is 0 Å². The van der Waals surface area contributed by atoms with Crippen molar-refractivity contribution < 1.29 is 4.74 Å². The first-order valence-electron chi connectivity index (χ1n) is 7.09. The fourth-order valence-corrected chi connectivity index (χ4v) is 2.85. The predicted octanol–water partition coefficient (Wildman–Crippen LogP) is 3.59. The van der Waals surface area contributed by atoms with Gasteiger partial charge in [-0.15, -0.1) is 0 Å². The number of benzene rings is 1. The molecule has 0 unspecified atom stereocenters. The van der Waals surface area contributed by atoms with Crippen LogP contribution in [0.1, 0.15) is 16.7 Å². The number of hydrogen-bond acceptors (Lipinski definition) is 4. The second kappa shape index (κ2) is 8.17. The lowest BCUT2D eigenvalue weighted by molar-refractivity contribution is 0.199. The topological polar surface area (TPSA) is 34.1 Å². The van der Waals surface area contributed by atoms with Gasteiger partial charge in [-0.05, 0) is 42.7 Å². The number of aryl methyl sites for hydroxylation is 2. The molecule has 1 aromatic carbocycles. The summed E-state index contributed by atoms with van der Waals surface area (Å²) in [5.74, 6) is 0. The van der Waals surface area contributed by atoms with Gasteiger partial charge in [0.15, 0.2) is 0 Å². The summed E-state index contributed by atoms with van der Waals surface area (Å²) in [4.78, 5) is 5.81. The van der Waals surface area contributed by atoms with Crippen LogP contribution >= 0.6 is 11.8 Å². The van der Waals surface area contributed by atoms with Crippen LogP contribution in [0, 0.1) is 13.8 Å². The van der Waals surface area contributed by atoms with Crippen molar-refractivity contribution in [2.75, 3.05) is 20.3 Å². The highest BCUT2D eigenvalue weighted by Crippen LogP contribution is 2.29. The predicted molar refractivity (Wildman–Crippen MR) is 87.9 cm³/mol. The van der Waals surface area contributed by atoms with Crippen LogP contribution in [0.15, 0.2) is 46.5 Å². The van der Waals surface area contributed by atoms with Crippen LogP contribution in [0.5, 0.6) is 0 Å². The minimum atomic E-state index is 0.730. The summed E-state index contributed by atoms with van der Waals surface area (Å²) < 4.78 is 5.00. The van der Waals surface area contributed by atoms with E-state index < -0.39 is 0 Å². The number of aromatic nitrogens is 1. The first kappa shape index (κ1) is 16.0. The van der Waals surface area contributed by atoms with E-state index in [0.29, 0.717) is 0 Å². The smallest absolute Gasteiger partial charge is 0.101 e. The van der Waals surface area contributed by atoms with Crippen LogP contribution in [0.2, 0.25) is 0 Å². The van der Waals surface area contributed by atoms with Gasteiger partial charge in [0, 0.05) is 31.3 Å². The van der Waals surface area contributed by atoms with Gasteiger partial charge in [0.2, 0.25) is 0 Å². The van der Waals surface area contributed by atoms with Crippen molar-refractivity contribution in [1.29, 1.82) is 0 Å². The van der Waals surface area contributed by atoms with Crippen molar-refractivity contribution in [1.82, 2.24) is 10.3 Å². The van der Waals surface area contributed by atoms with Crippen molar-refractivity contribution in [2.45, 2.75) is 30.3 Å². The first-order chi connectivity index (χ1) is 10.2. The van der Waals surface area contributed by atoms with E-state index in [4.69, 9.17) is 4.74 Å². The molecule has 1 N–H and O–H groups in total. The zero-order valence-electron chi connectivity index (χ0n) is 12.8. The largest absolute Gasteiger partial charge is 0.383 e. The lowest BCUT2D eigenvalue weighted by Crippen LogP contribution is -2.18. The Bertz CT molecular complexity index is 570. The summed E-state index contributed by atoms with van der Waals surface area (Å²) in [5, 5.41) is 4.35. The number of nitrogens with zero attached hydrogens (tertiary/aromatic N) is 1. The Morgan fingerprint density at radius 1 is 1.19 bits per heavy atom. The summed E-state index contributed by atoms with van der Waals surface area (Å²) in [7, 11) is 1.71. The average Bonchev–Trinajstić information content (AvgIpc) is 2.49. The van der Waals surface area contributed by atoms with Gasteiger partial charge in [0.05, 0.1) is 6.61 Å². The normalized spacial score (nSPS) is 10.8. The maximum atomic E-state index is 5.00. The van der Waals surface area contributed by atoms with Gasteiger partial charge in [0.1, 0.15) is 5.03 Å². The molecule has 2 rings (SSSR count). The Morgan fingerprint density at radius 3 is 2.76 bits per heavy atom. The Kier molecular flexibility index (Phi) is 6.23. The first-order valence-corrected chi connectivity index (χ1v) is 7.90. The highest BCUT2D eigenvalue weighted by atomic mass is 32.2. The number of nitrogens with one attached hydrogen (secondary N) is 1. The van der Waals surface area contributed by atoms with E-state index >= 15 is 0 Å². The van der Waals surface area contributed by atoms with E-state index in [1.165, 1.54) is 21.6 Å². The standard InChI is InChI=1S/C17H22N2OS/c1-13-4-5-14(2)16(10-13)21-17-7-6-15(12-19-17)11-18-8-9-20-3/h4-7,10,12,18H,8-9,11H2,1-3H3. The molecule has 0 aliphatic heterocycles. The molecule has 0 fully saturated rings. The van der Waals surface area contributed by atoms with Crippen molar-refractivity contribution in [3.8, 4) is 0 Å². The lowest BCUT2D eigenvalue weighted by atomic mass is 10.2. The molecule has 112 valence electrons. The van der Waals surface area contributed by atoms with Crippen molar-refractivity contribution >= 4 is 11.8 Å². The Hall–Kier alpha value is -1.36.